The van der Waals surface area contributed by atoms with Gasteiger partial charge in [0.05, 0.1) is 12.6 Å². The molecule has 2 unspecified atom stereocenters. The molecule has 0 aliphatic rings. The van der Waals surface area contributed by atoms with E-state index < -0.39 is 29.6 Å². The quantitative estimate of drug-likeness (QED) is 0.825. The van der Waals surface area contributed by atoms with E-state index in [9.17, 15) is 13.6 Å². The number of nitrogens with one attached hydrogen (secondary N) is 1. The standard InChI is InChI=1S/C13H18F2N2O2/c1-3-12(17-13(18)11(16)7-19-2)9-5-4-8(14)6-10(9)15/h4-6,11-12H,3,7,16H2,1-2H3,(H,17,18). The molecule has 1 aromatic rings. The molecule has 1 aromatic carbocycles. The van der Waals surface area contributed by atoms with Gasteiger partial charge in [0.2, 0.25) is 5.91 Å². The lowest BCUT2D eigenvalue weighted by Gasteiger charge is -2.20. The Hall–Kier alpha value is -1.53. The molecule has 3 N–H and O–H groups in total. The van der Waals surface area contributed by atoms with Crippen molar-refractivity contribution >= 4 is 5.91 Å². The van der Waals surface area contributed by atoms with Crippen molar-refractivity contribution < 1.29 is 18.3 Å². The summed E-state index contributed by atoms with van der Waals surface area (Å²) in [5.41, 5.74) is 5.82. The van der Waals surface area contributed by atoms with Crippen LogP contribution < -0.4 is 11.1 Å². The second kappa shape index (κ2) is 7.16. The highest BCUT2D eigenvalue weighted by Crippen LogP contribution is 2.20. The molecule has 2 atom stereocenters. The Balaban J connectivity index is 2.80. The van der Waals surface area contributed by atoms with E-state index in [0.717, 1.165) is 12.1 Å². The summed E-state index contributed by atoms with van der Waals surface area (Å²) < 4.78 is 31.3. The first kappa shape index (κ1) is 15.5. The highest BCUT2D eigenvalue weighted by atomic mass is 19.1. The lowest BCUT2D eigenvalue weighted by Crippen LogP contribution is -2.44. The van der Waals surface area contributed by atoms with Gasteiger partial charge >= 0.3 is 0 Å². The summed E-state index contributed by atoms with van der Waals surface area (Å²) in [4.78, 5) is 11.7. The van der Waals surface area contributed by atoms with Gasteiger partial charge in [-0.2, -0.15) is 0 Å². The van der Waals surface area contributed by atoms with Crippen LogP contribution in [0.1, 0.15) is 24.9 Å². The molecule has 19 heavy (non-hydrogen) atoms. The number of carbonyl (C=O) groups excluding carboxylic acids is 1. The van der Waals surface area contributed by atoms with Crippen molar-refractivity contribution in [1.29, 1.82) is 0 Å². The number of carbonyl (C=O) groups is 1. The Morgan fingerprint density at radius 2 is 2.16 bits per heavy atom. The number of nitrogens with two attached hydrogens (primary N) is 1. The number of hydrogen-bond donors (Lipinski definition) is 2. The molecule has 4 nitrogen and oxygen atoms in total. The summed E-state index contributed by atoms with van der Waals surface area (Å²) in [6.07, 6.45) is 0.466. The maximum absolute atomic E-state index is 13.6. The Morgan fingerprint density at radius 1 is 1.47 bits per heavy atom. The van der Waals surface area contributed by atoms with Gasteiger partial charge in [-0.25, -0.2) is 8.78 Å². The van der Waals surface area contributed by atoms with Crippen LogP contribution in [0.3, 0.4) is 0 Å². The van der Waals surface area contributed by atoms with E-state index in [4.69, 9.17) is 10.5 Å². The number of benzene rings is 1. The first-order chi connectivity index (χ1) is 8.99. The zero-order valence-electron chi connectivity index (χ0n) is 11.0. The number of amides is 1. The van der Waals surface area contributed by atoms with Gasteiger partial charge < -0.3 is 15.8 Å². The molecule has 0 fully saturated rings. The molecule has 0 aromatic heterocycles. The highest BCUT2D eigenvalue weighted by Gasteiger charge is 2.20. The average Bonchev–Trinajstić information content (AvgIpc) is 2.36. The second-order valence-corrected chi connectivity index (χ2v) is 4.20. The van der Waals surface area contributed by atoms with Crippen molar-refractivity contribution in [2.24, 2.45) is 5.73 Å². The van der Waals surface area contributed by atoms with Crippen LogP contribution in [0, 0.1) is 11.6 Å². The number of halogens is 2. The molecule has 0 saturated heterocycles. The van der Waals surface area contributed by atoms with Crippen molar-refractivity contribution in [2.45, 2.75) is 25.4 Å². The number of ether oxygens (including phenoxy) is 1. The van der Waals surface area contributed by atoms with Crippen LogP contribution in [0.4, 0.5) is 8.78 Å². The molecule has 1 amide bonds. The highest BCUT2D eigenvalue weighted by molar-refractivity contribution is 5.82. The van der Waals surface area contributed by atoms with Crippen LogP contribution in [0.15, 0.2) is 18.2 Å². The normalized spacial score (nSPS) is 13.9. The molecule has 1 rings (SSSR count). The maximum atomic E-state index is 13.6. The van der Waals surface area contributed by atoms with Gasteiger partial charge in [0, 0.05) is 18.7 Å². The molecular weight excluding hydrogens is 254 g/mol. The van der Waals surface area contributed by atoms with Crippen molar-refractivity contribution in [3.8, 4) is 0 Å². The van der Waals surface area contributed by atoms with Crippen LogP contribution in [0.5, 0.6) is 0 Å². The summed E-state index contributed by atoms with van der Waals surface area (Å²) >= 11 is 0. The van der Waals surface area contributed by atoms with Crippen molar-refractivity contribution in [3.05, 3.63) is 35.4 Å². The van der Waals surface area contributed by atoms with Crippen LogP contribution in [0.25, 0.3) is 0 Å². The van der Waals surface area contributed by atoms with Crippen LogP contribution in [-0.4, -0.2) is 25.7 Å². The van der Waals surface area contributed by atoms with Gasteiger partial charge in [-0.05, 0) is 12.5 Å². The molecule has 0 aliphatic carbocycles. The lowest BCUT2D eigenvalue weighted by atomic mass is 10.0. The minimum Gasteiger partial charge on any atom is -0.383 e. The zero-order valence-corrected chi connectivity index (χ0v) is 11.0. The summed E-state index contributed by atoms with van der Waals surface area (Å²) in [5.74, 6) is -1.77. The molecule has 0 saturated carbocycles. The molecule has 106 valence electrons. The van der Waals surface area contributed by atoms with Gasteiger partial charge in [-0.15, -0.1) is 0 Å². The van der Waals surface area contributed by atoms with Crippen molar-refractivity contribution in [3.63, 3.8) is 0 Å². The zero-order chi connectivity index (χ0) is 14.4. The van der Waals surface area contributed by atoms with Crippen molar-refractivity contribution in [1.82, 2.24) is 5.32 Å². The number of hydrogen-bond acceptors (Lipinski definition) is 3. The Morgan fingerprint density at radius 3 is 2.68 bits per heavy atom. The smallest absolute Gasteiger partial charge is 0.239 e. The van der Waals surface area contributed by atoms with Crippen LogP contribution in [-0.2, 0) is 9.53 Å². The Bertz CT molecular complexity index is 441. The minimum absolute atomic E-state index is 0.0775. The largest absolute Gasteiger partial charge is 0.383 e. The molecule has 6 heteroatoms. The van der Waals surface area contributed by atoms with E-state index in [1.165, 1.54) is 13.2 Å². The topological polar surface area (TPSA) is 64.4 Å². The van der Waals surface area contributed by atoms with Crippen LogP contribution in [0.2, 0.25) is 0 Å². The van der Waals surface area contributed by atoms with E-state index in [-0.39, 0.29) is 12.2 Å². The van der Waals surface area contributed by atoms with Crippen LogP contribution >= 0.6 is 0 Å². The van der Waals surface area contributed by atoms with Crippen molar-refractivity contribution in [2.75, 3.05) is 13.7 Å². The van der Waals surface area contributed by atoms with E-state index >= 15 is 0 Å². The fourth-order valence-electron chi connectivity index (χ4n) is 1.72. The predicted octanol–water partition coefficient (Wildman–Crippen LogP) is 1.51. The Kier molecular flexibility index (Phi) is 5.85. The van der Waals surface area contributed by atoms with E-state index in [1.807, 2.05) is 0 Å². The first-order valence-corrected chi connectivity index (χ1v) is 5.99. The molecular formula is C13H18F2N2O2. The molecule has 0 spiro atoms. The fraction of sp³-hybridized carbons (Fsp3) is 0.462. The first-order valence-electron chi connectivity index (χ1n) is 5.99. The lowest BCUT2D eigenvalue weighted by molar-refractivity contribution is -0.124. The summed E-state index contributed by atoms with van der Waals surface area (Å²) in [5, 5.41) is 2.62. The number of rotatable bonds is 6. The van der Waals surface area contributed by atoms with E-state index in [1.54, 1.807) is 6.92 Å². The van der Waals surface area contributed by atoms with E-state index in [0.29, 0.717) is 6.42 Å². The van der Waals surface area contributed by atoms with E-state index in [2.05, 4.69) is 5.32 Å². The molecule has 0 radical (unpaired) electrons. The molecule has 0 aliphatic heterocycles. The third kappa shape index (κ3) is 4.25. The van der Waals surface area contributed by atoms with Gasteiger partial charge in [0.1, 0.15) is 17.7 Å². The fourth-order valence-corrected chi connectivity index (χ4v) is 1.72. The third-order valence-electron chi connectivity index (χ3n) is 2.75. The summed E-state index contributed by atoms with van der Waals surface area (Å²) in [6.45, 7) is 1.86. The predicted molar refractivity (Wildman–Crippen MR) is 67.4 cm³/mol. The Labute approximate surface area is 110 Å². The summed E-state index contributed by atoms with van der Waals surface area (Å²) in [6, 6.07) is 1.90. The molecule has 0 bridgehead atoms. The maximum Gasteiger partial charge on any atom is 0.239 e. The SMILES string of the molecule is CCC(NC(=O)C(N)COC)c1ccc(F)cc1F. The average molecular weight is 272 g/mol. The van der Waals surface area contributed by atoms with Gasteiger partial charge in [0.15, 0.2) is 0 Å². The molecule has 0 heterocycles. The van der Waals surface area contributed by atoms with Gasteiger partial charge in [-0.1, -0.05) is 13.0 Å². The minimum atomic E-state index is -0.817. The van der Waals surface area contributed by atoms with Gasteiger partial charge in [-0.3, -0.25) is 4.79 Å². The third-order valence-corrected chi connectivity index (χ3v) is 2.75. The monoisotopic (exact) mass is 272 g/mol. The van der Waals surface area contributed by atoms with Gasteiger partial charge in [0.25, 0.3) is 0 Å². The second-order valence-electron chi connectivity index (χ2n) is 4.20. The number of methoxy groups -OCH3 is 1. The summed E-state index contributed by atoms with van der Waals surface area (Å²) in [7, 11) is 1.43.